The van der Waals surface area contributed by atoms with Gasteiger partial charge in [0.2, 0.25) is 0 Å². The molecule has 0 unspecified atom stereocenters. The van der Waals surface area contributed by atoms with E-state index in [0.29, 0.717) is 26.8 Å². The van der Waals surface area contributed by atoms with Crippen LogP contribution in [0.4, 0.5) is 18.9 Å². The summed E-state index contributed by atoms with van der Waals surface area (Å²) < 4.78 is 38.5. The lowest BCUT2D eigenvalue weighted by molar-refractivity contribution is 0.102. The molecule has 0 heterocycles. The molecule has 2 aromatic carbocycles. The molecule has 0 atom stereocenters. The molecule has 0 fully saturated rings. The maximum absolute atomic E-state index is 13.6. The maximum atomic E-state index is 13.6. The lowest BCUT2D eigenvalue weighted by atomic mass is 10.2. The topological polar surface area (TPSA) is 29.1 Å². The van der Waals surface area contributed by atoms with Crippen molar-refractivity contribution < 1.29 is 18.0 Å². The summed E-state index contributed by atoms with van der Waals surface area (Å²) in [5.74, 6) is -3.75. The van der Waals surface area contributed by atoms with Crippen molar-refractivity contribution in [2.75, 3.05) is 5.32 Å². The van der Waals surface area contributed by atoms with Gasteiger partial charge in [-0.25, -0.2) is 4.39 Å². The molecule has 2 aromatic rings. The van der Waals surface area contributed by atoms with Crippen LogP contribution < -0.4 is 5.32 Å². The highest BCUT2D eigenvalue weighted by Gasteiger charge is 2.12. The molecule has 2 rings (SSSR count). The van der Waals surface area contributed by atoms with Gasteiger partial charge in [-0.3, -0.25) is 4.79 Å². The van der Waals surface area contributed by atoms with Crippen molar-refractivity contribution in [3.8, 4) is 0 Å². The van der Waals surface area contributed by atoms with E-state index in [4.69, 9.17) is 0 Å². The van der Waals surface area contributed by atoms with E-state index in [-0.39, 0.29) is 5.56 Å². The highest BCUT2D eigenvalue weighted by Crippen LogP contribution is 2.26. The van der Waals surface area contributed by atoms with Crippen molar-refractivity contribution in [3.05, 3.63) is 58.3 Å². The summed E-state index contributed by atoms with van der Waals surface area (Å²) in [7, 11) is 0. The Morgan fingerprint density at radius 2 is 1.81 bits per heavy atom. The molecule has 2 nitrogen and oxygen atoms in total. The van der Waals surface area contributed by atoms with Crippen LogP contribution in [0.2, 0.25) is 0 Å². The summed E-state index contributed by atoms with van der Waals surface area (Å²) in [6.07, 6.45) is 0. The predicted molar refractivity (Wildman–Crippen MR) is 80.4 cm³/mol. The van der Waals surface area contributed by atoms with E-state index in [1.807, 2.05) is 0 Å². The Hall–Kier alpha value is -1.47. The van der Waals surface area contributed by atoms with Crippen LogP contribution in [0.25, 0.3) is 0 Å². The Bertz CT molecular complexity index is 649. The first kappa shape index (κ1) is 15.9. The van der Waals surface area contributed by atoms with Crippen molar-refractivity contribution in [1.29, 1.82) is 0 Å². The fourth-order valence-corrected chi connectivity index (χ4v) is 2.42. The van der Waals surface area contributed by atoms with Gasteiger partial charge in [0.05, 0.1) is 5.56 Å². The Labute approximate surface area is 131 Å². The van der Waals surface area contributed by atoms with Gasteiger partial charge in [0.25, 0.3) is 11.7 Å². The molecule has 110 valence electrons. The monoisotopic (exact) mass is 375 g/mol. The van der Waals surface area contributed by atoms with Crippen LogP contribution in [-0.4, -0.2) is 11.7 Å². The van der Waals surface area contributed by atoms with Gasteiger partial charge in [-0.1, -0.05) is 27.7 Å². The first-order valence-electron chi connectivity index (χ1n) is 5.77. The lowest BCUT2D eigenvalue weighted by Crippen LogP contribution is -2.13. The Balaban J connectivity index is 2.08. The summed E-state index contributed by atoms with van der Waals surface area (Å²) >= 11 is 3.52. The number of hydrogen-bond donors (Lipinski definition) is 1. The van der Waals surface area contributed by atoms with E-state index in [9.17, 15) is 18.0 Å². The Morgan fingerprint density at radius 3 is 2.38 bits per heavy atom. The minimum absolute atomic E-state index is 0.0933. The van der Waals surface area contributed by atoms with E-state index < -0.39 is 17.5 Å². The molecule has 0 bridgehead atoms. The van der Waals surface area contributed by atoms with Gasteiger partial charge < -0.3 is 5.32 Å². The van der Waals surface area contributed by atoms with E-state index in [1.165, 1.54) is 36.4 Å². The fraction of sp³-hybridized carbons (Fsp3) is 0.0714. The van der Waals surface area contributed by atoms with Gasteiger partial charge >= 0.3 is 0 Å². The van der Waals surface area contributed by atoms with Crippen LogP contribution >= 0.6 is 27.7 Å². The highest BCUT2D eigenvalue weighted by molar-refractivity contribution is 9.10. The molecule has 0 saturated carbocycles. The van der Waals surface area contributed by atoms with Gasteiger partial charge in [0, 0.05) is 15.1 Å². The molecule has 0 aromatic heterocycles. The second kappa shape index (κ2) is 7.00. The van der Waals surface area contributed by atoms with Crippen LogP contribution in [0.3, 0.4) is 0 Å². The number of amides is 1. The third-order valence-electron chi connectivity index (χ3n) is 2.51. The highest BCUT2D eigenvalue weighted by atomic mass is 79.9. The Morgan fingerprint density at radius 1 is 1.14 bits per heavy atom. The average Bonchev–Trinajstić information content (AvgIpc) is 2.40. The lowest BCUT2D eigenvalue weighted by Gasteiger charge is -2.07. The number of rotatable bonds is 4. The van der Waals surface area contributed by atoms with E-state index in [0.717, 1.165) is 0 Å². The van der Waals surface area contributed by atoms with Crippen LogP contribution in [0.5, 0.6) is 0 Å². The molecule has 0 aliphatic rings. The van der Waals surface area contributed by atoms with Gasteiger partial charge in [0.1, 0.15) is 5.82 Å². The van der Waals surface area contributed by atoms with Gasteiger partial charge in [-0.05, 0) is 42.5 Å². The molecule has 1 amide bonds. The second-order valence-corrected chi connectivity index (χ2v) is 5.96. The van der Waals surface area contributed by atoms with Gasteiger partial charge in [0.15, 0.2) is 0 Å². The summed E-state index contributed by atoms with van der Waals surface area (Å²) in [5, 5.41) is 2.51. The van der Waals surface area contributed by atoms with E-state index in [2.05, 4.69) is 21.2 Å². The molecule has 0 aliphatic heterocycles. The number of hydrogen-bond acceptors (Lipinski definition) is 2. The zero-order valence-electron chi connectivity index (χ0n) is 10.4. The number of alkyl halides is 2. The quantitative estimate of drug-likeness (QED) is 0.748. The van der Waals surface area contributed by atoms with Gasteiger partial charge in [-0.15, -0.1) is 0 Å². The molecule has 0 aliphatic carbocycles. The SMILES string of the molecule is O=C(Nc1ccc(SC(F)F)cc1)c1ccc(Br)cc1F. The zero-order valence-corrected chi connectivity index (χ0v) is 12.8. The predicted octanol–water partition coefficient (Wildman–Crippen LogP) is 5.16. The molecule has 21 heavy (non-hydrogen) atoms. The van der Waals surface area contributed by atoms with Crippen molar-refractivity contribution >= 4 is 39.3 Å². The van der Waals surface area contributed by atoms with E-state index >= 15 is 0 Å². The number of nitrogens with one attached hydrogen (secondary N) is 1. The normalized spacial score (nSPS) is 10.7. The minimum Gasteiger partial charge on any atom is -0.322 e. The third kappa shape index (κ3) is 4.50. The molecular weight excluding hydrogens is 367 g/mol. The van der Waals surface area contributed by atoms with E-state index in [1.54, 1.807) is 6.07 Å². The number of anilines is 1. The summed E-state index contributed by atoms with van der Waals surface area (Å²) in [5.41, 5.74) is 0.310. The van der Waals surface area contributed by atoms with Crippen LogP contribution in [0.1, 0.15) is 10.4 Å². The van der Waals surface area contributed by atoms with Crippen molar-refractivity contribution in [2.24, 2.45) is 0 Å². The van der Waals surface area contributed by atoms with Crippen LogP contribution in [-0.2, 0) is 0 Å². The fourth-order valence-electron chi connectivity index (χ4n) is 1.59. The second-order valence-electron chi connectivity index (χ2n) is 3.98. The average molecular weight is 376 g/mol. The van der Waals surface area contributed by atoms with Gasteiger partial charge in [-0.2, -0.15) is 8.78 Å². The largest absolute Gasteiger partial charge is 0.322 e. The number of halogens is 4. The summed E-state index contributed by atoms with van der Waals surface area (Å²) in [4.78, 5) is 12.3. The standard InChI is InChI=1S/C14H9BrF3NOS/c15-8-1-6-11(12(16)7-8)13(20)19-9-2-4-10(5-3-9)21-14(17)18/h1-7,14H,(H,19,20). The number of benzene rings is 2. The third-order valence-corrected chi connectivity index (χ3v) is 3.73. The number of carbonyl (C=O) groups is 1. The number of thioether (sulfide) groups is 1. The maximum Gasteiger partial charge on any atom is 0.288 e. The zero-order chi connectivity index (χ0) is 15.4. The summed E-state index contributed by atoms with van der Waals surface area (Å²) in [6.45, 7) is 0. The molecule has 1 N–H and O–H groups in total. The first-order valence-corrected chi connectivity index (χ1v) is 7.44. The number of carbonyl (C=O) groups excluding carboxylic acids is 1. The molecule has 0 saturated heterocycles. The molecule has 0 spiro atoms. The molecule has 0 radical (unpaired) electrons. The molecular formula is C14H9BrF3NOS. The first-order chi connectivity index (χ1) is 9.95. The van der Waals surface area contributed by atoms with Crippen molar-refractivity contribution in [3.63, 3.8) is 0 Å². The minimum atomic E-state index is -2.50. The van der Waals surface area contributed by atoms with Crippen LogP contribution in [0.15, 0.2) is 51.8 Å². The molecule has 7 heteroatoms. The smallest absolute Gasteiger partial charge is 0.288 e. The summed E-state index contributed by atoms with van der Waals surface area (Å²) in [6, 6.07) is 10.0. The van der Waals surface area contributed by atoms with Crippen LogP contribution in [0, 0.1) is 5.82 Å². The van der Waals surface area contributed by atoms with Crippen molar-refractivity contribution in [1.82, 2.24) is 0 Å². The van der Waals surface area contributed by atoms with Crippen molar-refractivity contribution in [2.45, 2.75) is 10.7 Å². The Kier molecular flexibility index (Phi) is 5.30.